The van der Waals surface area contributed by atoms with Crippen LogP contribution in [0.1, 0.15) is 5.56 Å². The van der Waals surface area contributed by atoms with E-state index in [0.717, 1.165) is 34.0 Å². The molecule has 0 aliphatic rings. The Morgan fingerprint density at radius 3 is 2.62 bits per heavy atom. The average Bonchev–Trinajstić information content (AvgIpc) is 3.00. The molecule has 2 heterocycles. The Labute approximate surface area is 151 Å². The number of para-hydroxylation sites is 1. The second kappa shape index (κ2) is 6.44. The molecule has 2 aromatic carbocycles. The molecule has 0 amide bonds. The van der Waals surface area contributed by atoms with Gasteiger partial charge in [0.25, 0.3) is 0 Å². The number of anilines is 2. The van der Waals surface area contributed by atoms with E-state index in [1.807, 2.05) is 66.1 Å². The normalized spacial score (nSPS) is 10.8. The summed E-state index contributed by atoms with van der Waals surface area (Å²) in [5, 5.41) is 13.4. The van der Waals surface area contributed by atoms with Crippen molar-refractivity contribution < 1.29 is 9.84 Å². The van der Waals surface area contributed by atoms with E-state index in [2.05, 4.69) is 5.32 Å². The van der Waals surface area contributed by atoms with Crippen molar-refractivity contribution in [1.29, 1.82) is 0 Å². The number of phenolic OH excluding ortho intramolecular Hbond substituents is 1. The van der Waals surface area contributed by atoms with E-state index in [-0.39, 0.29) is 5.75 Å². The van der Waals surface area contributed by atoms with E-state index in [1.54, 1.807) is 12.1 Å². The number of rotatable bonds is 4. The van der Waals surface area contributed by atoms with Crippen LogP contribution >= 0.6 is 0 Å². The van der Waals surface area contributed by atoms with Crippen LogP contribution < -0.4 is 10.1 Å². The van der Waals surface area contributed by atoms with Crippen LogP contribution in [-0.2, 0) is 0 Å². The first-order chi connectivity index (χ1) is 12.7. The summed E-state index contributed by atoms with van der Waals surface area (Å²) in [5.74, 6) is 1.38. The number of aromatic nitrogens is 2. The summed E-state index contributed by atoms with van der Waals surface area (Å²) < 4.78 is 7.28. The standard InChI is InChI=1S/C21H19N3O2/c1-14-10-11-24-19(12-14)23-20(15-8-9-17(25)18(13-15)26-2)21(24)22-16-6-4-3-5-7-16/h3-13,22,25H,1-2H3. The Kier molecular flexibility index (Phi) is 3.97. The third kappa shape index (κ3) is 2.84. The van der Waals surface area contributed by atoms with Crippen LogP contribution in [0.3, 0.4) is 0 Å². The first kappa shape index (κ1) is 16.0. The number of pyridine rings is 1. The number of hydrogen-bond donors (Lipinski definition) is 2. The van der Waals surface area contributed by atoms with Crippen molar-refractivity contribution in [2.75, 3.05) is 12.4 Å². The van der Waals surface area contributed by atoms with Crippen LogP contribution in [-0.4, -0.2) is 21.6 Å². The van der Waals surface area contributed by atoms with Gasteiger partial charge in [0.05, 0.1) is 7.11 Å². The quantitative estimate of drug-likeness (QED) is 0.559. The lowest BCUT2D eigenvalue weighted by Crippen LogP contribution is -1.97. The molecule has 0 saturated carbocycles. The predicted molar refractivity (Wildman–Crippen MR) is 103 cm³/mol. The maximum Gasteiger partial charge on any atom is 0.161 e. The second-order valence-electron chi connectivity index (χ2n) is 6.12. The number of nitrogens with one attached hydrogen (secondary N) is 1. The van der Waals surface area contributed by atoms with Crippen LogP contribution in [0.2, 0.25) is 0 Å². The Hall–Kier alpha value is -3.47. The SMILES string of the molecule is COc1cc(-c2nc3cc(C)ccn3c2Nc2ccccc2)ccc1O. The molecule has 0 atom stereocenters. The Morgan fingerprint density at radius 1 is 1.04 bits per heavy atom. The fourth-order valence-corrected chi connectivity index (χ4v) is 2.95. The molecule has 26 heavy (non-hydrogen) atoms. The van der Waals surface area contributed by atoms with Crippen molar-refractivity contribution in [1.82, 2.24) is 9.38 Å². The maximum absolute atomic E-state index is 9.90. The number of nitrogens with zero attached hydrogens (tertiary/aromatic N) is 2. The number of ether oxygens (including phenoxy) is 1. The molecule has 0 radical (unpaired) electrons. The summed E-state index contributed by atoms with van der Waals surface area (Å²) in [6.45, 7) is 2.04. The van der Waals surface area contributed by atoms with Gasteiger partial charge in [0.1, 0.15) is 17.2 Å². The van der Waals surface area contributed by atoms with Crippen LogP contribution in [0, 0.1) is 6.92 Å². The Bertz CT molecular complexity index is 1070. The molecule has 0 aliphatic carbocycles. The topological polar surface area (TPSA) is 58.8 Å². The lowest BCUT2D eigenvalue weighted by Gasteiger charge is -2.10. The van der Waals surface area contributed by atoms with Gasteiger partial charge in [-0.3, -0.25) is 4.40 Å². The van der Waals surface area contributed by atoms with Gasteiger partial charge in [-0.25, -0.2) is 4.98 Å². The minimum Gasteiger partial charge on any atom is -0.504 e. The van der Waals surface area contributed by atoms with Gasteiger partial charge in [0.15, 0.2) is 11.5 Å². The molecule has 2 aromatic heterocycles. The van der Waals surface area contributed by atoms with E-state index in [1.165, 1.54) is 7.11 Å². The number of methoxy groups -OCH3 is 1. The highest BCUT2D eigenvalue weighted by Gasteiger charge is 2.16. The first-order valence-electron chi connectivity index (χ1n) is 8.34. The van der Waals surface area contributed by atoms with Crippen LogP contribution in [0.4, 0.5) is 11.5 Å². The summed E-state index contributed by atoms with van der Waals surface area (Å²) in [7, 11) is 1.54. The molecule has 0 fully saturated rings. The van der Waals surface area contributed by atoms with Crippen LogP contribution in [0.25, 0.3) is 16.9 Å². The van der Waals surface area contributed by atoms with Gasteiger partial charge in [-0.1, -0.05) is 18.2 Å². The molecule has 5 nitrogen and oxygen atoms in total. The molecule has 0 bridgehead atoms. The summed E-state index contributed by atoms with van der Waals surface area (Å²) in [6, 6.07) is 19.3. The van der Waals surface area contributed by atoms with E-state index in [9.17, 15) is 5.11 Å². The van der Waals surface area contributed by atoms with Gasteiger partial charge < -0.3 is 15.2 Å². The number of hydrogen-bond acceptors (Lipinski definition) is 4. The Balaban J connectivity index is 1.91. The molecule has 5 heteroatoms. The highest BCUT2D eigenvalue weighted by atomic mass is 16.5. The predicted octanol–water partition coefficient (Wildman–Crippen LogP) is 4.77. The minimum atomic E-state index is 0.105. The van der Waals surface area contributed by atoms with Gasteiger partial charge in [-0.15, -0.1) is 0 Å². The van der Waals surface area contributed by atoms with Gasteiger partial charge >= 0.3 is 0 Å². The van der Waals surface area contributed by atoms with Crippen molar-refractivity contribution >= 4 is 17.2 Å². The second-order valence-corrected chi connectivity index (χ2v) is 6.12. The summed E-state index contributed by atoms with van der Waals surface area (Å²) in [4.78, 5) is 4.81. The molecular formula is C21H19N3O2. The molecule has 4 rings (SSSR count). The Morgan fingerprint density at radius 2 is 1.85 bits per heavy atom. The fraction of sp³-hybridized carbons (Fsp3) is 0.0952. The smallest absolute Gasteiger partial charge is 0.161 e. The molecule has 130 valence electrons. The van der Waals surface area contributed by atoms with E-state index < -0.39 is 0 Å². The number of imidazole rings is 1. The van der Waals surface area contributed by atoms with Crippen molar-refractivity contribution in [3.63, 3.8) is 0 Å². The van der Waals surface area contributed by atoms with Gasteiger partial charge in [0.2, 0.25) is 0 Å². The van der Waals surface area contributed by atoms with E-state index >= 15 is 0 Å². The van der Waals surface area contributed by atoms with Crippen molar-refractivity contribution in [2.45, 2.75) is 6.92 Å². The lowest BCUT2D eigenvalue weighted by atomic mass is 10.1. The van der Waals surface area contributed by atoms with E-state index in [4.69, 9.17) is 9.72 Å². The molecule has 0 aliphatic heterocycles. The highest BCUT2D eigenvalue weighted by molar-refractivity contribution is 5.80. The molecule has 4 aromatic rings. The minimum absolute atomic E-state index is 0.105. The third-order valence-corrected chi connectivity index (χ3v) is 4.27. The van der Waals surface area contributed by atoms with Crippen LogP contribution in [0.15, 0.2) is 66.9 Å². The van der Waals surface area contributed by atoms with Crippen molar-refractivity contribution in [2.24, 2.45) is 0 Å². The summed E-state index contributed by atoms with van der Waals surface area (Å²) in [5.41, 5.74) is 4.62. The summed E-state index contributed by atoms with van der Waals surface area (Å²) >= 11 is 0. The molecular weight excluding hydrogens is 326 g/mol. The fourth-order valence-electron chi connectivity index (χ4n) is 2.95. The van der Waals surface area contributed by atoms with Crippen molar-refractivity contribution in [3.8, 4) is 22.8 Å². The monoisotopic (exact) mass is 345 g/mol. The molecule has 0 spiro atoms. The number of benzene rings is 2. The summed E-state index contributed by atoms with van der Waals surface area (Å²) in [6.07, 6.45) is 2.00. The van der Waals surface area contributed by atoms with Gasteiger partial charge in [-0.05, 0) is 55.0 Å². The maximum atomic E-state index is 9.90. The average molecular weight is 345 g/mol. The van der Waals surface area contributed by atoms with Gasteiger partial charge in [0, 0.05) is 17.4 Å². The number of aryl methyl sites for hydroxylation is 1. The largest absolute Gasteiger partial charge is 0.504 e. The zero-order valence-electron chi connectivity index (χ0n) is 14.6. The molecule has 2 N–H and O–H groups in total. The first-order valence-corrected chi connectivity index (χ1v) is 8.34. The highest BCUT2D eigenvalue weighted by Crippen LogP contribution is 2.36. The number of aromatic hydroxyl groups is 1. The van der Waals surface area contributed by atoms with Crippen molar-refractivity contribution in [3.05, 3.63) is 72.4 Å². The number of phenols is 1. The molecule has 0 saturated heterocycles. The zero-order chi connectivity index (χ0) is 18.1. The van der Waals surface area contributed by atoms with E-state index in [0.29, 0.717) is 5.75 Å². The third-order valence-electron chi connectivity index (χ3n) is 4.27. The van der Waals surface area contributed by atoms with Gasteiger partial charge in [-0.2, -0.15) is 0 Å². The number of fused-ring (bicyclic) bond motifs is 1. The molecule has 0 unspecified atom stereocenters. The van der Waals surface area contributed by atoms with Crippen LogP contribution in [0.5, 0.6) is 11.5 Å². The zero-order valence-corrected chi connectivity index (χ0v) is 14.6. The lowest BCUT2D eigenvalue weighted by molar-refractivity contribution is 0.373.